The van der Waals surface area contributed by atoms with E-state index < -0.39 is 0 Å². The van der Waals surface area contributed by atoms with Crippen LogP contribution in [0.2, 0.25) is 5.02 Å². The molecule has 1 amide bonds. The van der Waals surface area contributed by atoms with E-state index in [9.17, 15) is 9.59 Å². The minimum Gasteiger partial charge on any atom is -0.339 e. The third-order valence-electron chi connectivity index (χ3n) is 6.70. The molecular formula is C24H22ClN5O3. The number of benzene rings is 2. The van der Waals surface area contributed by atoms with Crippen molar-refractivity contribution in [2.24, 2.45) is 0 Å². The number of carbonyl (C=O) groups excluding carboxylic acids is 1. The number of imidazole rings is 1. The fraction of sp³-hybridized carbons (Fsp3) is 0.333. The number of aromatic nitrogens is 4. The van der Waals surface area contributed by atoms with E-state index in [0.717, 1.165) is 48.0 Å². The van der Waals surface area contributed by atoms with Crippen molar-refractivity contribution in [1.29, 1.82) is 0 Å². The molecule has 0 bridgehead atoms. The highest BCUT2D eigenvalue weighted by Crippen LogP contribution is 2.34. The number of rotatable bonds is 4. The summed E-state index contributed by atoms with van der Waals surface area (Å²) in [6.45, 7) is 0.456. The number of carbonyl (C=O) groups is 1. The number of aromatic amines is 1. The van der Waals surface area contributed by atoms with Gasteiger partial charge in [0.15, 0.2) is 0 Å². The number of nitrogens with zero attached hydrogens (tertiary/aromatic N) is 4. The maximum absolute atomic E-state index is 12.6. The van der Waals surface area contributed by atoms with Crippen LogP contribution in [0.4, 0.5) is 5.69 Å². The molecule has 1 saturated heterocycles. The molecule has 1 saturated carbocycles. The number of fused-ring (bicyclic) bond motifs is 1. The molecule has 4 aromatic rings. The number of anilines is 1. The van der Waals surface area contributed by atoms with Crippen molar-refractivity contribution in [1.82, 2.24) is 19.7 Å². The SMILES string of the molecule is O=C1C[C@H](c2nc(-c3ccc4c(c3)[nH]c(=O)n4C3CCCC3)no2)CN1c1cccc(Cl)c1. The van der Waals surface area contributed by atoms with Crippen LogP contribution in [0.25, 0.3) is 22.4 Å². The topological polar surface area (TPSA) is 97.0 Å². The van der Waals surface area contributed by atoms with E-state index in [4.69, 9.17) is 16.1 Å². The molecule has 6 rings (SSSR count). The van der Waals surface area contributed by atoms with Crippen LogP contribution in [0.1, 0.15) is 50.0 Å². The lowest BCUT2D eigenvalue weighted by Crippen LogP contribution is -2.24. The van der Waals surface area contributed by atoms with Gasteiger partial charge in [0, 0.05) is 35.3 Å². The number of hydrogen-bond donors (Lipinski definition) is 1. The van der Waals surface area contributed by atoms with E-state index in [1.54, 1.807) is 17.0 Å². The maximum atomic E-state index is 12.6. The second kappa shape index (κ2) is 7.88. The van der Waals surface area contributed by atoms with Gasteiger partial charge in [-0.25, -0.2) is 4.79 Å². The smallest absolute Gasteiger partial charge is 0.326 e. The second-order valence-electron chi connectivity index (χ2n) is 8.81. The Morgan fingerprint density at radius 1 is 1.09 bits per heavy atom. The van der Waals surface area contributed by atoms with Crippen molar-refractivity contribution in [2.75, 3.05) is 11.4 Å². The van der Waals surface area contributed by atoms with Crippen molar-refractivity contribution >= 4 is 34.2 Å². The van der Waals surface area contributed by atoms with Gasteiger partial charge in [-0.1, -0.05) is 35.7 Å². The quantitative estimate of drug-likeness (QED) is 0.474. The maximum Gasteiger partial charge on any atom is 0.326 e. The van der Waals surface area contributed by atoms with Crippen LogP contribution >= 0.6 is 11.6 Å². The van der Waals surface area contributed by atoms with Crippen LogP contribution in [0.5, 0.6) is 0 Å². The number of amides is 1. The van der Waals surface area contributed by atoms with Crippen molar-refractivity contribution in [3.05, 3.63) is 63.9 Å². The van der Waals surface area contributed by atoms with Crippen LogP contribution in [-0.4, -0.2) is 32.1 Å². The zero-order valence-electron chi connectivity index (χ0n) is 17.8. The molecule has 3 heterocycles. The average molecular weight is 464 g/mol. The molecule has 33 heavy (non-hydrogen) atoms. The Balaban J connectivity index is 1.26. The van der Waals surface area contributed by atoms with Gasteiger partial charge in [-0.2, -0.15) is 4.98 Å². The lowest BCUT2D eigenvalue weighted by Gasteiger charge is -2.16. The highest BCUT2D eigenvalue weighted by atomic mass is 35.5. The van der Waals surface area contributed by atoms with Crippen LogP contribution in [0.3, 0.4) is 0 Å². The van der Waals surface area contributed by atoms with Gasteiger partial charge in [-0.15, -0.1) is 0 Å². The molecule has 0 spiro atoms. The van der Waals surface area contributed by atoms with Gasteiger partial charge in [0.05, 0.1) is 17.0 Å². The summed E-state index contributed by atoms with van der Waals surface area (Å²) in [5.74, 6) is 0.675. The summed E-state index contributed by atoms with van der Waals surface area (Å²) < 4.78 is 7.42. The molecule has 1 N–H and O–H groups in total. The Labute approximate surface area is 194 Å². The summed E-state index contributed by atoms with van der Waals surface area (Å²) in [5, 5.41) is 4.73. The van der Waals surface area contributed by atoms with E-state index in [2.05, 4.69) is 15.1 Å². The van der Waals surface area contributed by atoms with E-state index in [-0.39, 0.29) is 23.6 Å². The molecule has 2 aliphatic rings. The van der Waals surface area contributed by atoms with Crippen LogP contribution in [-0.2, 0) is 4.79 Å². The lowest BCUT2D eigenvalue weighted by molar-refractivity contribution is -0.117. The second-order valence-corrected chi connectivity index (χ2v) is 9.25. The van der Waals surface area contributed by atoms with E-state index >= 15 is 0 Å². The number of H-pyrrole nitrogens is 1. The molecule has 2 aromatic carbocycles. The molecule has 2 fully saturated rings. The Morgan fingerprint density at radius 3 is 2.76 bits per heavy atom. The molecule has 0 radical (unpaired) electrons. The zero-order valence-corrected chi connectivity index (χ0v) is 18.6. The standard InChI is InChI=1S/C24H22ClN5O3/c25-16-4-3-7-18(12-16)29-13-15(11-21(29)31)23-27-22(28-33-23)14-8-9-20-19(10-14)26-24(32)30(20)17-5-1-2-6-17/h3-4,7-10,12,15,17H,1-2,5-6,11,13H2,(H,26,32)/t15-/m0/s1. The average Bonchev–Trinajstić information content (AvgIpc) is 3.58. The summed E-state index contributed by atoms with van der Waals surface area (Å²) in [6.07, 6.45) is 4.69. The van der Waals surface area contributed by atoms with E-state index in [1.807, 2.05) is 34.9 Å². The van der Waals surface area contributed by atoms with Gasteiger partial charge >= 0.3 is 5.69 Å². The first-order valence-electron chi connectivity index (χ1n) is 11.2. The summed E-state index contributed by atoms with van der Waals surface area (Å²) in [6, 6.07) is 13.2. The monoisotopic (exact) mass is 463 g/mol. The van der Waals surface area contributed by atoms with E-state index in [1.165, 1.54) is 0 Å². The third-order valence-corrected chi connectivity index (χ3v) is 6.94. The fourth-order valence-electron chi connectivity index (χ4n) is 5.08. The molecule has 168 valence electrons. The number of hydrogen-bond acceptors (Lipinski definition) is 5. The van der Waals surface area contributed by atoms with Gasteiger partial charge in [0.25, 0.3) is 0 Å². The largest absolute Gasteiger partial charge is 0.339 e. The first kappa shape index (κ1) is 20.2. The summed E-state index contributed by atoms with van der Waals surface area (Å²) >= 11 is 6.08. The number of halogens is 1. The first-order valence-corrected chi connectivity index (χ1v) is 11.6. The van der Waals surface area contributed by atoms with Crippen LogP contribution < -0.4 is 10.6 Å². The highest BCUT2D eigenvalue weighted by molar-refractivity contribution is 6.30. The summed E-state index contributed by atoms with van der Waals surface area (Å²) in [4.78, 5) is 34.4. The summed E-state index contributed by atoms with van der Waals surface area (Å²) in [7, 11) is 0. The van der Waals surface area contributed by atoms with Crippen molar-refractivity contribution in [3.8, 4) is 11.4 Å². The van der Waals surface area contributed by atoms with Crippen molar-refractivity contribution in [2.45, 2.75) is 44.1 Å². The molecule has 1 aliphatic heterocycles. The van der Waals surface area contributed by atoms with Gasteiger partial charge in [0.2, 0.25) is 17.6 Å². The molecule has 9 heteroatoms. The highest BCUT2D eigenvalue weighted by Gasteiger charge is 2.35. The Bertz CT molecular complexity index is 1410. The minimum absolute atomic E-state index is 0.00531. The fourth-order valence-corrected chi connectivity index (χ4v) is 5.26. The van der Waals surface area contributed by atoms with Crippen LogP contribution in [0.15, 0.2) is 51.8 Å². The lowest BCUT2D eigenvalue weighted by atomic mass is 10.1. The predicted molar refractivity (Wildman–Crippen MR) is 125 cm³/mol. The summed E-state index contributed by atoms with van der Waals surface area (Å²) in [5.41, 5.74) is 3.11. The Hall–Kier alpha value is -3.39. The zero-order chi connectivity index (χ0) is 22.5. The van der Waals surface area contributed by atoms with Crippen molar-refractivity contribution in [3.63, 3.8) is 0 Å². The Kier molecular flexibility index (Phi) is 4.83. The first-order chi connectivity index (χ1) is 16.1. The molecule has 0 unspecified atom stereocenters. The third kappa shape index (κ3) is 3.54. The molecule has 1 aliphatic carbocycles. The normalized spacial score (nSPS) is 19.2. The molecule has 1 atom stereocenters. The van der Waals surface area contributed by atoms with Gasteiger partial charge in [0.1, 0.15) is 0 Å². The molecule has 8 nitrogen and oxygen atoms in total. The van der Waals surface area contributed by atoms with Gasteiger partial charge in [-0.05, 0) is 49.2 Å². The van der Waals surface area contributed by atoms with Crippen molar-refractivity contribution < 1.29 is 9.32 Å². The minimum atomic E-state index is -0.190. The Morgan fingerprint density at radius 2 is 1.94 bits per heavy atom. The number of nitrogens with one attached hydrogen (secondary N) is 1. The van der Waals surface area contributed by atoms with Gasteiger partial charge < -0.3 is 14.4 Å². The molecule has 2 aromatic heterocycles. The predicted octanol–water partition coefficient (Wildman–Crippen LogP) is 4.67. The molecular weight excluding hydrogens is 442 g/mol. The van der Waals surface area contributed by atoms with Gasteiger partial charge in [-0.3, -0.25) is 9.36 Å². The van der Waals surface area contributed by atoms with E-state index in [0.29, 0.717) is 29.7 Å². The van der Waals surface area contributed by atoms with Crippen LogP contribution in [0, 0.1) is 0 Å².